The highest BCUT2D eigenvalue weighted by Gasteiger charge is 2.15. The van der Waals surface area contributed by atoms with Crippen molar-refractivity contribution in [3.63, 3.8) is 0 Å². The Balaban J connectivity index is 0.00000392. The smallest absolute Gasteiger partial charge is 0.191 e. The summed E-state index contributed by atoms with van der Waals surface area (Å²) in [4.78, 5) is 4.70. The van der Waals surface area contributed by atoms with Crippen molar-refractivity contribution in [2.24, 2.45) is 12.0 Å². The number of aromatic nitrogens is 3. The van der Waals surface area contributed by atoms with Crippen LogP contribution < -0.4 is 10.6 Å². The number of hydrogen-bond acceptors (Lipinski definition) is 4. The molecule has 1 aromatic heterocycles. The molecule has 1 saturated heterocycles. The summed E-state index contributed by atoms with van der Waals surface area (Å²) in [5.41, 5.74) is 0. The molecule has 0 aliphatic carbocycles. The van der Waals surface area contributed by atoms with Gasteiger partial charge in [0, 0.05) is 26.7 Å². The Morgan fingerprint density at radius 2 is 1.89 bits per heavy atom. The molecule has 2 heterocycles. The normalized spacial score (nSPS) is 16.8. The van der Waals surface area contributed by atoms with E-state index in [1.54, 1.807) is 0 Å². The molecule has 2 N–H and O–H groups in total. The van der Waals surface area contributed by atoms with Crippen LogP contribution in [0.2, 0.25) is 0 Å². The molecule has 0 radical (unpaired) electrons. The van der Waals surface area contributed by atoms with Gasteiger partial charge >= 0.3 is 0 Å². The minimum absolute atomic E-state index is 0. The monoisotopic (exact) mass is 506 g/mol. The summed E-state index contributed by atoms with van der Waals surface area (Å²) in [7, 11) is 1.98. The van der Waals surface area contributed by atoms with Gasteiger partial charge < -0.3 is 19.9 Å². The van der Waals surface area contributed by atoms with Crippen molar-refractivity contribution >= 4 is 29.9 Å². The summed E-state index contributed by atoms with van der Waals surface area (Å²) < 4.78 is 7.69. The first kappa shape index (κ1) is 25.1. The SMILES string of the molecule is CCCCCCCCCNC(=NCc1nnc(C)n1C)NCC1CCCO1.I. The van der Waals surface area contributed by atoms with Gasteiger partial charge in [-0.2, -0.15) is 0 Å². The molecular weight excluding hydrogens is 467 g/mol. The van der Waals surface area contributed by atoms with Crippen molar-refractivity contribution in [2.45, 2.75) is 84.3 Å². The largest absolute Gasteiger partial charge is 0.376 e. The minimum Gasteiger partial charge on any atom is -0.376 e. The predicted octanol–water partition coefficient (Wildman–Crippen LogP) is 3.71. The fraction of sp³-hybridized carbons (Fsp3) is 0.850. The van der Waals surface area contributed by atoms with E-state index in [9.17, 15) is 0 Å². The third kappa shape index (κ3) is 9.54. The first-order valence-electron chi connectivity index (χ1n) is 10.7. The van der Waals surface area contributed by atoms with Crippen molar-refractivity contribution in [3.05, 3.63) is 11.6 Å². The summed E-state index contributed by atoms with van der Waals surface area (Å²) in [6.45, 7) is 7.37. The fourth-order valence-corrected chi connectivity index (χ4v) is 3.22. The molecule has 162 valence electrons. The van der Waals surface area contributed by atoms with Crippen molar-refractivity contribution in [2.75, 3.05) is 19.7 Å². The Hall–Kier alpha value is -0.900. The second-order valence-corrected chi connectivity index (χ2v) is 7.45. The summed E-state index contributed by atoms with van der Waals surface area (Å²) in [6, 6.07) is 0. The quantitative estimate of drug-likeness (QED) is 0.196. The lowest BCUT2D eigenvalue weighted by Gasteiger charge is -2.15. The van der Waals surface area contributed by atoms with Crippen LogP contribution in [0.3, 0.4) is 0 Å². The molecule has 1 aliphatic heterocycles. The molecule has 28 heavy (non-hydrogen) atoms. The number of nitrogens with zero attached hydrogens (tertiary/aromatic N) is 4. The third-order valence-electron chi connectivity index (χ3n) is 5.16. The van der Waals surface area contributed by atoms with E-state index < -0.39 is 0 Å². The maximum absolute atomic E-state index is 5.71. The van der Waals surface area contributed by atoms with E-state index in [2.05, 4.69) is 27.8 Å². The number of rotatable bonds is 12. The Kier molecular flexibility index (Phi) is 13.5. The van der Waals surface area contributed by atoms with Crippen LogP contribution in [0.4, 0.5) is 0 Å². The molecular formula is C20H39IN6O. The third-order valence-corrected chi connectivity index (χ3v) is 5.16. The highest BCUT2D eigenvalue weighted by Crippen LogP contribution is 2.10. The number of halogens is 1. The van der Waals surface area contributed by atoms with Gasteiger partial charge in [-0.3, -0.25) is 0 Å². The number of unbranched alkanes of at least 4 members (excludes halogenated alkanes) is 6. The summed E-state index contributed by atoms with van der Waals surface area (Å²) >= 11 is 0. The van der Waals surface area contributed by atoms with Crippen LogP contribution in [0.5, 0.6) is 0 Å². The Morgan fingerprint density at radius 1 is 1.14 bits per heavy atom. The van der Waals surface area contributed by atoms with Gasteiger partial charge in [0.25, 0.3) is 0 Å². The van der Waals surface area contributed by atoms with Gasteiger partial charge in [-0.15, -0.1) is 34.2 Å². The van der Waals surface area contributed by atoms with Crippen LogP contribution in [0, 0.1) is 6.92 Å². The fourth-order valence-electron chi connectivity index (χ4n) is 3.22. The van der Waals surface area contributed by atoms with Crippen LogP contribution in [-0.2, 0) is 18.3 Å². The van der Waals surface area contributed by atoms with Gasteiger partial charge in [-0.1, -0.05) is 45.4 Å². The van der Waals surface area contributed by atoms with Gasteiger partial charge in [0.1, 0.15) is 12.4 Å². The molecule has 0 saturated carbocycles. The van der Waals surface area contributed by atoms with Crippen LogP contribution in [-0.4, -0.2) is 46.5 Å². The predicted molar refractivity (Wildman–Crippen MR) is 125 cm³/mol. The minimum atomic E-state index is 0. The number of aryl methyl sites for hydroxylation is 1. The highest BCUT2D eigenvalue weighted by molar-refractivity contribution is 14.0. The number of hydrogen-bond donors (Lipinski definition) is 2. The number of ether oxygens (including phenoxy) is 1. The van der Waals surface area contributed by atoms with Gasteiger partial charge in [0.15, 0.2) is 11.8 Å². The van der Waals surface area contributed by atoms with Crippen molar-refractivity contribution < 1.29 is 4.74 Å². The number of aliphatic imine (C=N–C) groups is 1. The second kappa shape index (κ2) is 15.0. The van der Waals surface area contributed by atoms with E-state index in [4.69, 9.17) is 9.73 Å². The zero-order chi connectivity index (χ0) is 19.3. The molecule has 2 rings (SSSR count). The van der Waals surface area contributed by atoms with E-state index in [0.29, 0.717) is 12.6 Å². The lowest BCUT2D eigenvalue weighted by Crippen LogP contribution is -2.41. The maximum Gasteiger partial charge on any atom is 0.191 e. The first-order valence-corrected chi connectivity index (χ1v) is 10.7. The second-order valence-electron chi connectivity index (χ2n) is 7.45. The number of nitrogens with one attached hydrogen (secondary N) is 2. The molecule has 1 fully saturated rings. The summed E-state index contributed by atoms with van der Waals surface area (Å²) in [6.07, 6.45) is 11.8. The van der Waals surface area contributed by atoms with Crippen LogP contribution in [0.25, 0.3) is 0 Å². The molecule has 0 bridgehead atoms. The van der Waals surface area contributed by atoms with Crippen LogP contribution in [0.15, 0.2) is 4.99 Å². The van der Waals surface area contributed by atoms with Crippen molar-refractivity contribution in [1.82, 2.24) is 25.4 Å². The van der Waals surface area contributed by atoms with Crippen molar-refractivity contribution in [3.8, 4) is 0 Å². The Morgan fingerprint density at radius 3 is 2.54 bits per heavy atom. The van der Waals surface area contributed by atoms with Gasteiger partial charge in [0.05, 0.1) is 6.10 Å². The molecule has 1 aliphatic rings. The Labute approximate surface area is 187 Å². The standard InChI is InChI=1S/C20H38N6O.HI/c1-4-5-6-7-8-9-10-13-21-20(22-15-18-12-11-14-27-18)23-16-19-25-24-17(2)26(19)3;/h18H,4-16H2,1-3H3,(H2,21,22,23);1H. The molecule has 1 aromatic rings. The average molecular weight is 506 g/mol. The molecule has 0 aromatic carbocycles. The first-order chi connectivity index (χ1) is 13.2. The molecule has 8 heteroatoms. The van der Waals surface area contributed by atoms with Crippen LogP contribution in [0.1, 0.15) is 76.4 Å². The lowest BCUT2D eigenvalue weighted by molar-refractivity contribution is 0.114. The van der Waals surface area contributed by atoms with E-state index in [0.717, 1.165) is 50.1 Å². The number of guanidine groups is 1. The highest BCUT2D eigenvalue weighted by atomic mass is 127. The Bertz CT molecular complexity index is 557. The molecule has 0 amide bonds. The maximum atomic E-state index is 5.71. The topological polar surface area (TPSA) is 76.4 Å². The van der Waals surface area contributed by atoms with E-state index in [-0.39, 0.29) is 24.0 Å². The van der Waals surface area contributed by atoms with Gasteiger partial charge in [-0.05, 0) is 26.2 Å². The van der Waals surface area contributed by atoms with Crippen LogP contribution >= 0.6 is 24.0 Å². The van der Waals surface area contributed by atoms with E-state index in [1.807, 2.05) is 18.5 Å². The lowest BCUT2D eigenvalue weighted by atomic mass is 10.1. The summed E-state index contributed by atoms with van der Waals surface area (Å²) in [5, 5.41) is 15.2. The summed E-state index contributed by atoms with van der Waals surface area (Å²) in [5.74, 6) is 2.63. The zero-order valence-corrected chi connectivity index (χ0v) is 20.2. The molecule has 1 atom stereocenters. The molecule has 1 unspecified atom stereocenters. The van der Waals surface area contributed by atoms with E-state index >= 15 is 0 Å². The molecule has 0 spiro atoms. The average Bonchev–Trinajstić information content (AvgIpc) is 3.30. The molecule has 7 nitrogen and oxygen atoms in total. The zero-order valence-electron chi connectivity index (χ0n) is 17.9. The van der Waals surface area contributed by atoms with Crippen molar-refractivity contribution in [1.29, 1.82) is 0 Å². The van der Waals surface area contributed by atoms with E-state index in [1.165, 1.54) is 44.9 Å². The van der Waals surface area contributed by atoms with Gasteiger partial charge in [-0.25, -0.2) is 4.99 Å². The van der Waals surface area contributed by atoms with Gasteiger partial charge in [0.2, 0.25) is 0 Å².